The molecule has 4 aliphatic rings. The van der Waals surface area contributed by atoms with Crippen LogP contribution in [0.3, 0.4) is 0 Å². The van der Waals surface area contributed by atoms with Crippen molar-refractivity contribution in [3.63, 3.8) is 0 Å². The van der Waals surface area contributed by atoms with E-state index in [2.05, 4.69) is 6.58 Å². The van der Waals surface area contributed by atoms with Crippen LogP contribution in [0.4, 0.5) is 0 Å². The number of ketones is 1. The Bertz CT molecular complexity index is 1910. The summed E-state index contributed by atoms with van der Waals surface area (Å²) < 4.78 is 5.07. The number of allylic oxidation sites excluding steroid dienone is 2. The number of ether oxygens (including phenoxy) is 1. The maximum atomic E-state index is 14.1. The van der Waals surface area contributed by atoms with Crippen LogP contribution in [-0.2, 0) is 25.5 Å². The zero-order chi connectivity index (χ0) is 32.5. The van der Waals surface area contributed by atoms with E-state index in [1.165, 1.54) is 7.11 Å². The number of carbonyl (C=O) groups excluding carboxylic acids is 2. The molecule has 6 rings (SSSR count). The Labute approximate surface area is 283 Å². The topological polar surface area (TPSA) is 157 Å². The van der Waals surface area contributed by atoms with Gasteiger partial charge in [-0.1, -0.05) is 73.0 Å². The molecular weight excluding hydrogens is 597 g/mol. The van der Waals surface area contributed by atoms with Crippen LogP contribution in [-0.4, -0.2) is 69.7 Å². The standard InChI is InChI=1S/C35H36N4O6.Mg/c1-8-19-15(3)22-12-24-17(5)21(10-11-28(40)41)31(38-24)29-30(34(43)45-7)33(42)35(44)18(6)25(39-32(29)35)14-27-20(9-2)16(4)23(37-27)13-26(19)36-22;/h8,12-14,17,21,30-31,44H,1,9-11H2,2-7H3,(H,40,41);/q-4;+2/b23-13-,24-12-,27-14-;/t17-,21-,30+,31?,35-;/m0./s1. The van der Waals surface area contributed by atoms with Gasteiger partial charge in [-0.25, -0.2) is 0 Å². The van der Waals surface area contributed by atoms with Crippen LogP contribution in [0.5, 0.6) is 0 Å². The van der Waals surface area contributed by atoms with Gasteiger partial charge in [-0.2, -0.15) is 5.70 Å². The zero-order valence-corrected chi connectivity index (χ0v) is 28.4. The second-order valence-corrected chi connectivity index (χ2v) is 12.2. The molecule has 0 aromatic carbocycles. The van der Waals surface area contributed by atoms with Crippen molar-refractivity contribution in [1.29, 1.82) is 0 Å². The minimum atomic E-state index is -2.16. The average Bonchev–Trinajstić information content (AvgIpc) is 3.71. The van der Waals surface area contributed by atoms with Gasteiger partial charge in [0.15, 0.2) is 5.78 Å². The van der Waals surface area contributed by atoms with E-state index in [0.29, 0.717) is 34.4 Å². The molecule has 1 fully saturated rings. The molecule has 0 spiro atoms. The smallest absolute Gasteiger partial charge is 0.681 e. The zero-order valence-electron chi connectivity index (χ0n) is 27.0. The van der Waals surface area contributed by atoms with Crippen LogP contribution in [0.1, 0.15) is 67.3 Å². The van der Waals surface area contributed by atoms with E-state index in [4.69, 9.17) is 25.3 Å². The third kappa shape index (κ3) is 4.82. The third-order valence-electron chi connectivity index (χ3n) is 10.0. The van der Waals surface area contributed by atoms with Gasteiger partial charge in [0.2, 0.25) is 0 Å². The number of methoxy groups -OCH3 is 1. The fraction of sp³-hybridized carbons (Fsp3) is 0.400. The number of aromatic nitrogens is 2. The van der Waals surface area contributed by atoms with Crippen molar-refractivity contribution in [3.8, 4) is 0 Å². The number of aliphatic hydroxyl groups is 1. The number of carboxylic acids is 1. The maximum absolute atomic E-state index is 14.1. The second kappa shape index (κ2) is 12.1. The largest absolute Gasteiger partial charge is 2.00 e. The molecule has 2 aromatic heterocycles. The van der Waals surface area contributed by atoms with Crippen molar-refractivity contribution in [3.05, 3.63) is 89.8 Å². The molecule has 8 bridgehead atoms. The quantitative estimate of drug-likeness (QED) is 0.280. The number of esters is 1. The fourth-order valence-corrected chi connectivity index (χ4v) is 7.39. The Balaban J connectivity index is 0.00000417. The van der Waals surface area contributed by atoms with Gasteiger partial charge < -0.3 is 35.6 Å². The summed E-state index contributed by atoms with van der Waals surface area (Å²) in [6, 6.07) is -0.802. The molecular formula is C35H36MgN4O6-2. The number of nitrogens with zero attached hydrogens (tertiary/aromatic N) is 4. The summed E-state index contributed by atoms with van der Waals surface area (Å²) in [4.78, 5) is 49.0. The van der Waals surface area contributed by atoms with Crippen molar-refractivity contribution >= 4 is 65.1 Å². The first-order chi connectivity index (χ1) is 21.4. The summed E-state index contributed by atoms with van der Waals surface area (Å²) in [6.45, 7) is 13.6. The summed E-state index contributed by atoms with van der Waals surface area (Å²) >= 11 is 0. The number of hydrogen-bond acceptors (Lipinski definition) is 5. The monoisotopic (exact) mass is 632 g/mol. The van der Waals surface area contributed by atoms with Crippen molar-refractivity contribution in [1.82, 2.24) is 9.97 Å². The molecule has 3 aliphatic heterocycles. The molecule has 2 N–H and O–H groups in total. The van der Waals surface area contributed by atoms with E-state index in [0.717, 1.165) is 33.3 Å². The minimum absolute atomic E-state index is 0. The molecule has 236 valence electrons. The van der Waals surface area contributed by atoms with Gasteiger partial charge >= 0.3 is 35.0 Å². The molecule has 46 heavy (non-hydrogen) atoms. The molecule has 2 aromatic rings. The first-order valence-corrected chi connectivity index (χ1v) is 15.2. The normalized spacial score (nSPS) is 28.7. The molecule has 1 saturated heterocycles. The third-order valence-corrected chi connectivity index (χ3v) is 10.0. The average molecular weight is 633 g/mol. The van der Waals surface area contributed by atoms with Crippen molar-refractivity contribution < 1.29 is 29.3 Å². The van der Waals surface area contributed by atoms with Crippen LogP contribution in [0, 0.1) is 31.6 Å². The molecule has 0 saturated carbocycles. The van der Waals surface area contributed by atoms with E-state index >= 15 is 0 Å². The van der Waals surface area contributed by atoms with Crippen LogP contribution in [0.2, 0.25) is 0 Å². The van der Waals surface area contributed by atoms with Crippen LogP contribution >= 0.6 is 0 Å². The van der Waals surface area contributed by atoms with E-state index in [-0.39, 0.29) is 53.1 Å². The number of carboxylic acid groups (broad SMARTS) is 1. The summed E-state index contributed by atoms with van der Waals surface area (Å²) in [5.41, 5.74) is 4.66. The number of hydrogen-bond donors (Lipinski definition) is 2. The predicted molar refractivity (Wildman–Crippen MR) is 175 cm³/mol. The molecule has 11 heteroatoms. The van der Waals surface area contributed by atoms with Gasteiger partial charge in [0.25, 0.3) is 0 Å². The van der Waals surface area contributed by atoms with Gasteiger partial charge in [0, 0.05) is 6.42 Å². The van der Waals surface area contributed by atoms with E-state index in [1.807, 2.05) is 39.8 Å². The molecule has 0 radical (unpaired) electrons. The van der Waals surface area contributed by atoms with Crippen LogP contribution in [0.25, 0.3) is 34.9 Å². The minimum Gasteiger partial charge on any atom is -0.681 e. The molecule has 1 unspecified atom stereocenters. The van der Waals surface area contributed by atoms with Gasteiger partial charge in [-0.3, -0.25) is 14.4 Å². The van der Waals surface area contributed by atoms with Crippen molar-refractivity contribution in [2.45, 2.75) is 65.5 Å². The first-order valence-electron chi connectivity index (χ1n) is 15.2. The Morgan fingerprint density at radius 1 is 1.09 bits per heavy atom. The van der Waals surface area contributed by atoms with Crippen molar-refractivity contribution in [2.75, 3.05) is 7.11 Å². The Morgan fingerprint density at radius 2 is 1.80 bits per heavy atom. The first kappa shape index (κ1) is 33.6. The number of fused-ring (bicyclic) bond motifs is 8. The summed E-state index contributed by atoms with van der Waals surface area (Å²) in [5, 5.41) is 33.0. The van der Waals surface area contributed by atoms with Crippen molar-refractivity contribution in [2.24, 2.45) is 17.8 Å². The van der Waals surface area contributed by atoms with Gasteiger partial charge in [0.05, 0.1) is 7.11 Å². The van der Waals surface area contributed by atoms with E-state index < -0.39 is 41.2 Å². The summed E-state index contributed by atoms with van der Waals surface area (Å²) in [6.07, 6.45) is 8.16. The number of Topliss-reactive ketones (excluding diaryl/α,β-unsaturated/α-hetero) is 1. The molecule has 5 heterocycles. The number of aliphatic carboxylic acids is 1. The molecule has 5 atom stereocenters. The molecule has 1 aliphatic carbocycles. The van der Waals surface area contributed by atoms with Crippen LogP contribution in [0.15, 0.2) is 34.8 Å². The second-order valence-electron chi connectivity index (χ2n) is 12.2. The van der Waals surface area contributed by atoms with E-state index in [9.17, 15) is 24.6 Å². The molecule has 10 nitrogen and oxygen atoms in total. The maximum Gasteiger partial charge on any atom is 2.00 e. The summed E-state index contributed by atoms with van der Waals surface area (Å²) in [7, 11) is 1.19. The summed E-state index contributed by atoms with van der Waals surface area (Å²) in [5.74, 6) is -4.62. The van der Waals surface area contributed by atoms with Gasteiger partial charge in [0.1, 0.15) is 11.5 Å². The number of carbonyl (C=O) groups is 3. The molecule has 0 amide bonds. The van der Waals surface area contributed by atoms with E-state index in [1.54, 1.807) is 19.1 Å². The van der Waals surface area contributed by atoms with Gasteiger partial charge in [-0.05, 0) is 56.6 Å². The predicted octanol–water partition coefficient (Wildman–Crippen LogP) is 2.90. The Morgan fingerprint density at radius 3 is 2.43 bits per heavy atom. The van der Waals surface area contributed by atoms with Gasteiger partial charge in [-0.15, -0.1) is 33.5 Å². The fourth-order valence-electron chi connectivity index (χ4n) is 7.39. The SMILES string of the molecule is C=Cc1c2[n-]c(c1C)/C=C1\[N-]C(C3=C4[N-]C(=C(C)[C@@]4(O)C(=O)[C@@H]3C(=O)OC)/C=c3\[n-]/c(c(C)c3CC)=C\2)[C@@H](CCC(=O)O)[C@@H]1C.[Mg+2]. The number of rotatable bonds is 6. The van der Waals surface area contributed by atoms with Crippen LogP contribution < -0.4 is 20.7 Å². The Kier molecular flexibility index (Phi) is 8.82. The Hall–Kier alpha value is -3.80.